The third-order valence-electron chi connectivity index (χ3n) is 3.15. The summed E-state index contributed by atoms with van der Waals surface area (Å²) in [6.45, 7) is 3.42. The standard InChI is InChI=1S/C10H13NO4/c1-4-3-6(10(14)15)11-8(4)7(5(2)12)9(11)13/h3-5,7-8,12H,1-2H3,(H,14,15). The maximum Gasteiger partial charge on any atom is 0.352 e. The minimum Gasteiger partial charge on any atom is -0.477 e. The van der Waals surface area contributed by atoms with Crippen molar-refractivity contribution >= 4 is 11.9 Å². The Labute approximate surface area is 87.0 Å². The van der Waals surface area contributed by atoms with Gasteiger partial charge in [-0.1, -0.05) is 6.92 Å². The minimum atomic E-state index is -1.08. The molecule has 82 valence electrons. The van der Waals surface area contributed by atoms with Gasteiger partial charge in [0.2, 0.25) is 5.91 Å². The Hall–Kier alpha value is -1.36. The molecule has 4 unspecified atom stereocenters. The highest BCUT2D eigenvalue weighted by molar-refractivity contribution is 5.99. The van der Waals surface area contributed by atoms with Crippen molar-refractivity contribution in [1.82, 2.24) is 4.90 Å². The number of carboxylic acids is 1. The summed E-state index contributed by atoms with van der Waals surface area (Å²) < 4.78 is 0. The van der Waals surface area contributed by atoms with Crippen molar-refractivity contribution in [2.45, 2.75) is 26.0 Å². The zero-order chi connectivity index (χ0) is 11.3. The lowest BCUT2D eigenvalue weighted by atomic mass is 9.79. The average molecular weight is 211 g/mol. The molecular formula is C10H13NO4. The Morgan fingerprint density at radius 2 is 2.20 bits per heavy atom. The van der Waals surface area contributed by atoms with E-state index >= 15 is 0 Å². The van der Waals surface area contributed by atoms with Crippen LogP contribution in [-0.2, 0) is 9.59 Å². The van der Waals surface area contributed by atoms with Crippen LogP contribution in [0.1, 0.15) is 13.8 Å². The van der Waals surface area contributed by atoms with Crippen molar-refractivity contribution in [2.24, 2.45) is 11.8 Å². The van der Waals surface area contributed by atoms with Gasteiger partial charge in [-0.2, -0.15) is 0 Å². The van der Waals surface area contributed by atoms with Gasteiger partial charge in [-0.05, 0) is 18.9 Å². The van der Waals surface area contributed by atoms with Crippen LogP contribution in [0.3, 0.4) is 0 Å². The Morgan fingerprint density at radius 1 is 1.60 bits per heavy atom. The van der Waals surface area contributed by atoms with Crippen molar-refractivity contribution in [2.75, 3.05) is 0 Å². The lowest BCUT2D eigenvalue weighted by molar-refractivity contribution is -0.163. The zero-order valence-corrected chi connectivity index (χ0v) is 8.54. The SMILES string of the molecule is CC(O)C1C(=O)N2C(C(=O)O)=CC(C)C12. The second-order valence-corrected chi connectivity index (χ2v) is 4.18. The highest BCUT2D eigenvalue weighted by Gasteiger charge is 2.57. The predicted molar refractivity (Wildman–Crippen MR) is 50.7 cm³/mol. The summed E-state index contributed by atoms with van der Waals surface area (Å²) in [5.74, 6) is -1.82. The van der Waals surface area contributed by atoms with Crippen LogP contribution in [0.25, 0.3) is 0 Å². The second kappa shape index (κ2) is 3.06. The molecule has 0 aromatic rings. The van der Waals surface area contributed by atoms with Gasteiger partial charge in [-0.15, -0.1) is 0 Å². The Kier molecular flexibility index (Phi) is 2.08. The van der Waals surface area contributed by atoms with Crippen molar-refractivity contribution < 1.29 is 19.8 Å². The number of aliphatic hydroxyl groups is 1. The van der Waals surface area contributed by atoms with Crippen LogP contribution in [0, 0.1) is 11.8 Å². The van der Waals surface area contributed by atoms with Crippen molar-refractivity contribution in [1.29, 1.82) is 0 Å². The topological polar surface area (TPSA) is 77.8 Å². The molecule has 0 spiro atoms. The van der Waals surface area contributed by atoms with E-state index in [2.05, 4.69) is 0 Å². The van der Waals surface area contributed by atoms with E-state index in [1.54, 1.807) is 13.0 Å². The molecule has 2 aliphatic heterocycles. The normalized spacial score (nSPS) is 35.7. The molecule has 0 radical (unpaired) electrons. The molecule has 1 fully saturated rings. The molecular weight excluding hydrogens is 198 g/mol. The molecule has 0 aromatic carbocycles. The molecule has 1 saturated heterocycles. The van der Waals surface area contributed by atoms with Crippen LogP contribution in [0.2, 0.25) is 0 Å². The van der Waals surface area contributed by atoms with E-state index in [0.29, 0.717) is 0 Å². The first-order chi connectivity index (χ1) is 6.95. The highest BCUT2D eigenvalue weighted by Crippen LogP contribution is 2.43. The van der Waals surface area contributed by atoms with E-state index < -0.39 is 18.0 Å². The molecule has 15 heavy (non-hydrogen) atoms. The summed E-state index contributed by atoms with van der Waals surface area (Å²) in [5.41, 5.74) is 0.0504. The fraction of sp³-hybridized carbons (Fsp3) is 0.600. The first kappa shape index (κ1) is 10.2. The molecule has 5 nitrogen and oxygen atoms in total. The summed E-state index contributed by atoms with van der Waals surface area (Å²) >= 11 is 0. The molecule has 1 amide bonds. The second-order valence-electron chi connectivity index (χ2n) is 4.18. The number of β-lactam (4-membered cyclic amide) rings is 1. The van der Waals surface area contributed by atoms with Crippen molar-refractivity contribution in [3.8, 4) is 0 Å². The molecule has 2 N–H and O–H groups in total. The van der Waals surface area contributed by atoms with Gasteiger partial charge >= 0.3 is 5.97 Å². The highest BCUT2D eigenvalue weighted by atomic mass is 16.4. The van der Waals surface area contributed by atoms with Gasteiger partial charge in [0.15, 0.2) is 0 Å². The largest absolute Gasteiger partial charge is 0.477 e. The number of fused-ring (bicyclic) bond motifs is 1. The van der Waals surface area contributed by atoms with Crippen LogP contribution in [0.4, 0.5) is 0 Å². The number of nitrogens with zero attached hydrogens (tertiary/aromatic N) is 1. The Morgan fingerprint density at radius 3 is 2.67 bits per heavy atom. The van der Waals surface area contributed by atoms with E-state index in [1.807, 2.05) is 6.92 Å². The Balaban J connectivity index is 2.26. The van der Waals surface area contributed by atoms with Gasteiger partial charge in [0, 0.05) is 0 Å². The van der Waals surface area contributed by atoms with E-state index in [-0.39, 0.29) is 23.6 Å². The molecule has 0 aromatic heterocycles. The Bertz CT molecular complexity index is 360. The third-order valence-corrected chi connectivity index (χ3v) is 3.15. The monoisotopic (exact) mass is 211 g/mol. The van der Waals surface area contributed by atoms with Crippen LogP contribution < -0.4 is 0 Å². The van der Waals surface area contributed by atoms with Gasteiger partial charge in [-0.25, -0.2) is 4.79 Å². The molecule has 0 bridgehead atoms. The zero-order valence-electron chi connectivity index (χ0n) is 8.54. The van der Waals surface area contributed by atoms with Gasteiger partial charge < -0.3 is 15.1 Å². The van der Waals surface area contributed by atoms with Gasteiger partial charge in [0.1, 0.15) is 5.70 Å². The lowest BCUT2D eigenvalue weighted by Crippen LogP contribution is -2.63. The van der Waals surface area contributed by atoms with E-state index in [9.17, 15) is 14.7 Å². The number of rotatable bonds is 2. The van der Waals surface area contributed by atoms with Crippen LogP contribution >= 0.6 is 0 Å². The van der Waals surface area contributed by atoms with Crippen LogP contribution in [0.15, 0.2) is 11.8 Å². The average Bonchev–Trinajstić information content (AvgIpc) is 2.38. The van der Waals surface area contributed by atoms with Gasteiger partial charge in [0.25, 0.3) is 0 Å². The molecule has 0 saturated carbocycles. The maximum atomic E-state index is 11.6. The van der Waals surface area contributed by atoms with Crippen LogP contribution in [-0.4, -0.2) is 39.1 Å². The molecule has 0 aliphatic carbocycles. The van der Waals surface area contributed by atoms with Gasteiger partial charge in [0.05, 0.1) is 18.1 Å². The number of hydrogen-bond acceptors (Lipinski definition) is 3. The number of carbonyl (C=O) groups is 2. The van der Waals surface area contributed by atoms with E-state index in [4.69, 9.17) is 5.11 Å². The summed E-state index contributed by atoms with van der Waals surface area (Å²) in [6, 6.07) is -0.177. The molecule has 2 aliphatic rings. The third kappa shape index (κ3) is 1.19. The van der Waals surface area contributed by atoms with E-state index in [0.717, 1.165) is 0 Å². The summed E-state index contributed by atoms with van der Waals surface area (Å²) in [5, 5.41) is 18.3. The number of carbonyl (C=O) groups excluding carboxylic acids is 1. The summed E-state index contributed by atoms with van der Waals surface area (Å²) in [7, 11) is 0. The molecule has 2 rings (SSSR count). The predicted octanol–water partition coefficient (Wildman–Crippen LogP) is -0.188. The molecule has 2 heterocycles. The summed E-state index contributed by atoms with van der Waals surface area (Å²) in [6.07, 6.45) is 0.857. The lowest BCUT2D eigenvalue weighted by Gasteiger charge is -2.46. The quantitative estimate of drug-likeness (QED) is 0.621. The number of amides is 1. The van der Waals surface area contributed by atoms with Crippen molar-refractivity contribution in [3.05, 3.63) is 11.8 Å². The van der Waals surface area contributed by atoms with Crippen molar-refractivity contribution in [3.63, 3.8) is 0 Å². The molecule has 5 heteroatoms. The number of hydrogen-bond donors (Lipinski definition) is 2. The first-order valence-corrected chi connectivity index (χ1v) is 4.91. The fourth-order valence-electron chi connectivity index (χ4n) is 2.47. The number of aliphatic hydroxyl groups excluding tert-OH is 1. The summed E-state index contributed by atoms with van der Waals surface area (Å²) in [4.78, 5) is 23.7. The smallest absolute Gasteiger partial charge is 0.352 e. The minimum absolute atomic E-state index is 0.00611. The first-order valence-electron chi connectivity index (χ1n) is 4.91. The van der Waals surface area contributed by atoms with Crippen LogP contribution in [0.5, 0.6) is 0 Å². The number of aliphatic carboxylic acids is 1. The molecule has 4 atom stereocenters. The fourth-order valence-corrected chi connectivity index (χ4v) is 2.47. The number of carboxylic acid groups (broad SMARTS) is 1. The van der Waals surface area contributed by atoms with Gasteiger partial charge in [-0.3, -0.25) is 4.79 Å². The maximum absolute atomic E-state index is 11.6. The van der Waals surface area contributed by atoms with E-state index in [1.165, 1.54) is 4.90 Å².